The molecule has 1 saturated carbocycles. The van der Waals surface area contributed by atoms with Crippen LogP contribution in [-0.4, -0.2) is 38.1 Å². The maximum Gasteiger partial charge on any atom is 0.274 e. The molecule has 0 atom stereocenters. The van der Waals surface area contributed by atoms with Crippen LogP contribution in [0.15, 0.2) is 41.5 Å². The largest absolute Gasteiger partial charge is 0.350 e. The van der Waals surface area contributed by atoms with Gasteiger partial charge >= 0.3 is 0 Å². The molecule has 8 nitrogen and oxygen atoms in total. The van der Waals surface area contributed by atoms with Crippen molar-refractivity contribution < 1.29 is 4.79 Å². The van der Waals surface area contributed by atoms with Crippen LogP contribution in [0, 0.1) is 13.8 Å². The molecular weight excluding hydrogens is 448 g/mol. The van der Waals surface area contributed by atoms with Gasteiger partial charge in [-0.2, -0.15) is 4.52 Å². The van der Waals surface area contributed by atoms with Crippen molar-refractivity contribution >= 4 is 28.7 Å². The van der Waals surface area contributed by atoms with Crippen LogP contribution in [0.4, 0.5) is 5.82 Å². The summed E-state index contributed by atoms with van der Waals surface area (Å²) in [5.41, 5.74) is 5.66. The zero-order valence-electron chi connectivity index (χ0n) is 19.0. The van der Waals surface area contributed by atoms with Gasteiger partial charge < -0.3 is 10.2 Å². The van der Waals surface area contributed by atoms with Crippen molar-refractivity contribution in [2.75, 3.05) is 11.4 Å². The van der Waals surface area contributed by atoms with Crippen LogP contribution in [0.25, 0.3) is 16.1 Å². The Bertz CT molecular complexity index is 1500. The highest BCUT2D eigenvalue weighted by atomic mass is 32.1. The molecule has 5 heterocycles. The van der Waals surface area contributed by atoms with Gasteiger partial charge in [-0.3, -0.25) is 14.6 Å². The molecule has 1 aliphatic heterocycles. The molecule has 0 bridgehead atoms. The fraction of sp³-hybridized carbons (Fsp3) is 0.320. The zero-order chi connectivity index (χ0) is 23.4. The first-order chi connectivity index (χ1) is 16.5. The third-order valence-corrected chi connectivity index (χ3v) is 7.68. The van der Waals surface area contributed by atoms with Crippen molar-refractivity contribution in [3.8, 4) is 10.4 Å². The second-order valence-corrected chi connectivity index (χ2v) is 10.1. The van der Waals surface area contributed by atoms with Crippen molar-refractivity contribution in [3.05, 3.63) is 74.3 Å². The normalized spacial score (nSPS) is 15.4. The van der Waals surface area contributed by atoms with E-state index in [1.54, 1.807) is 0 Å². The van der Waals surface area contributed by atoms with Crippen LogP contribution in [-0.2, 0) is 13.0 Å². The first-order valence-electron chi connectivity index (χ1n) is 11.5. The maximum atomic E-state index is 12.5. The molecule has 34 heavy (non-hydrogen) atoms. The number of nitrogens with one attached hydrogen (secondary N) is 1. The van der Waals surface area contributed by atoms with Crippen molar-refractivity contribution in [3.63, 3.8) is 0 Å². The molecule has 0 radical (unpaired) electrons. The molecule has 4 aromatic rings. The fourth-order valence-corrected chi connectivity index (χ4v) is 5.51. The van der Waals surface area contributed by atoms with Crippen molar-refractivity contribution in [2.45, 2.75) is 45.7 Å². The topological polar surface area (TPSA) is 92.5 Å². The SMILES string of the molecule is Cc1cc2nccc(=O)n2nc1N1CCc2ncc(-c3sc(C(=O)NC4CC4)cc3C)cc2C1. The zero-order valence-corrected chi connectivity index (χ0v) is 19.9. The number of thiophene rings is 1. The number of pyridine rings is 1. The number of nitrogens with zero attached hydrogens (tertiary/aromatic N) is 5. The molecule has 0 unspecified atom stereocenters. The minimum Gasteiger partial charge on any atom is -0.350 e. The minimum atomic E-state index is -0.192. The molecule has 6 rings (SSSR count). The number of carbonyl (C=O) groups excluding carboxylic acids is 1. The number of aryl methyl sites for hydroxylation is 2. The van der Waals surface area contributed by atoms with E-state index in [0.29, 0.717) is 18.2 Å². The summed E-state index contributed by atoms with van der Waals surface area (Å²) >= 11 is 1.52. The van der Waals surface area contributed by atoms with Crippen LogP contribution in [0.3, 0.4) is 0 Å². The molecule has 4 aromatic heterocycles. The number of hydrogen-bond donors (Lipinski definition) is 1. The van der Waals surface area contributed by atoms with Gasteiger partial charge in [0.2, 0.25) is 0 Å². The summed E-state index contributed by atoms with van der Waals surface area (Å²) in [5, 5.41) is 7.69. The molecule has 0 aromatic carbocycles. The average Bonchev–Trinajstić information content (AvgIpc) is 3.56. The van der Waals surface area contributed by atoms with Gasteiger partial charge in [-0.25, -0.2) is 4.98 Å². The number of anilines is 1. The Morgan fingerprint density at radius 2 is 2.00 bits per heavy atom. The molecule has 1 aliphatic carbocycles. The van der Waals surface area contributed by atoms with Crippen molar-refractivity contribution in [1.82, 2.24) is 24.9 Å². The Labute approximate surface area is 200 Å². The Kier molecular flexibility index (Phi) is 4.95. The predicted molar refractivity (Wildman–Crippen MR) is 132 cm³/mol. The first kappa shape index (κ1) is 21.0. The third-order valence-electron chi connectivity index (χ3n) is 6.40. The number of aromatic nitrogens is 4. The maximum absolute atomic E-state index is 12.5. The van der Waals surface area contributed by atoms with E-state index in [9.17, 15) is 9.59 Å². The Hall–Kier alpha value is -3.59. The summed E-state index contributed by atoms with van der Waals surface area (Å²) in [4.78, 5) is 37.8. The standard InChI is InChI=1S/C25H24N6O2S/c1-14-9-20(25(33)28-18-3-4-18)34-23(14)16-11-17-13-30(8-6-19(17)27-12-16)24-15(2)10-21-26-7-5-22(32)31(21)29-24/h5,7,9-12,18H,3-4,6,8,13H2,1-2H3,(H,28,33). The molecule has 0 saturated heterocycles. The van der Waals surface area contributed by atoms with E-state index in [-0.39, 0.29) is 11.5 Å². The average molecular weight is 473 g/mol. The Balaban J connectivity index is 1.31. The predicted octanol–water partition coefficient (Wildman–Crippen LogP) is 3.28. The smallest absolute Gasteiger partial charge is 0.274 e. The van der Waals surface area contributed by atoms with Crippen LogP contribution in [0.1, 0.15) is 44.9 Å². The lowest BCUT2D eigenvalue weighted by atomic mass is 10.0. The molecule has 1 amide bonds. The van der Waals surface area contributed by atoms with Crippen LogP contribution in [0.2, 0.25) is 0 Å². The van der Waals surface area contributed by atoms with E-state index < -0.39 is 0 Å². The van der Waals surface area contributed by atoms with E-state index in [2.05, 4.69) is 26.4 Å². The van der Waals surface area contributed by atoms with Crippen LogP contribution in [0.5, 0.6) is 0 Å². The number of amides is 1. The summed E-state index contributed by atoms with van der Waals surface area (Å²) in [6, 6.07) is 7.81. The lowest BCUT2D eigenvalue weighted by Gasteiger charge is -2.30. The van der Waals surface area contributed by atoms with Gasteiger partial charge in [0.1, 0.15) is 0 Å². The van der Waals surface area contributed by atoms with Crippen molar-refractivity contribution in [1.29, 1.82) is 0 Å². The summed E-state index contributed by atoms with van der Waals surface area (Å²) in [6.45, 7) is 5.47. The third kappa shape index (κ3) is 3.75. The second kappa shape index (κ2) is 8.02. The fourth-order valence-electron chi connectivity index (χ4n) is 4.45. The minimum absolute atomic E-state index is 0.0153. The van der Waals surface area contributed by atoms with Gasteiger partial charge in [0.15, 0.2) is 11.5 Å². The quantitative estimate of drug-likeness (QED) is 0.490. The highest BCUT2D eigenvalue weighted by Gasteiger charge is 2.26. The molecule has 1 N–H and O–H groups in total. The molecule has 2 aliphatic rings. The Morgan fingerprint density at radius 1 is 1.15 bits per heavy atom. The van der Waals surface area contributed by atoms with E-state index in [0.717, 1.165) is 69.3 Å². The van der Waals surface area contributed by atoms with E-state index in [4.69, 9.17) is 4.98 Å². The van der Waals surface area contributed by atoms with Gasteiger partial charge in [0.25, 0.3) is 11.5 Å². The highest BCUT2D eigenvalue weighted by molar-refractivity contribution is 7.17. The van der Waals surface area contributed by atoms with Gasteiger partial charge in [0.05, 0.1) is 4.88 Å². The Morgan fingerprint density at radius 3 is 2.82 bits per heavy atom. The summed E-state index contributed by atoms with van der Waals surface area (Å²) in [7, 11) is 0. The van der Waals surface area contributed by atoms with Gasteiger partial charge in [-0.1, -0.05) is 0 Å². The van der Waals surface area contributed by atoms with E-state index in [1.165, 1.54) is 28.1 Å². The lowest BCUT2D eigenvalue weighted by molar-refractivity contribution is 0.0955. The number of rotatable bonds is 4. The number of hydrogen-bond acceptors (Lipinski definition) is 7. The molecular formula is C25H24N6O2S. The van der Waals surface area contributed by atoms with Crippen LogP contribution >= 0.6 is 11.3 Å². The van der Waals surface area contributed by atoms with Gasteiger partial charge in [-0.15, -0.1) is 16.4 Å². The molecule has 1 fully saturated rings. The monoisotopic (exact) mass is 472 g/mol. The van der Waals surface area contributed by atoms with Crippen molar-refractivity contribution in [2.24, 2.45) is 0 Å². The van der Waals surface area contributed by atoms with E-state index >= 15 is 0 Å². The number of carbonyl (C=O) groups is 1. The van der Waals surface area contributed by atoms with Gasteiger partial charge in [0, 0.05) is 60.1 Å². The summed E-state index contributed by atoms with van der Waals surface area (Å²) in [6.07, 6.45) is 6.38. The molecule has 9 heteroatoms. The van der Waals surface area contributed by atoms with E-state index in [1.807, 2.05) is 32.2 Å². The van der Waals surface area contributed by atoms with Crippen LogP contribution < -0.4 is 15.8 Å². The number of fused-ring (bicyclic) bond motifs is 2. The summed E-state index contributed by atoms with van der Waals surface area (Å²) in [5.74, 6) is 0.798. The summed E-state index contributed by atoms with van der Waals surface area (Å²) < 4.78 is 1.36. The molecule has 172 valence electrons. The lowest BCUT2D eigenvalue weighted by Crippen LogP contribution is -2.33. The second-order valence-electron chi connectivity index (χ2n) is 9.08. The highest BCUT2D eigenvalue weighted by Crippen LogP contribution is 2.35. The first-order valence-corrected chi connectivity index (χ1v) is 12.3. The van der Waals surface area contributed by atoms with Gasteiger partial charge in [-0.05, 0) is 61.6 Å². The molecule has 0 spiro atoms.